The quantitative estimate of drug-likeness (QED) is 0.264. The van der Waals surface area contributed by atoms with Crippen LogP contribution in [0.5, 0.6) is 0 Å². The first-order valence-corrected chi connectivity index (χ1v) is 11.3. The van der Waals surface area contributed by atoms with E-state index < -0.39 is 7.92 Å². The lowest BCUT2D eigenvalue weighted by atomic mass is 10.3. The van der Waals surface area contributed by atoms with Gasteiger partial charge in [-0.25, -0.2) is 4.39 Å². The van der Waals surface area contributed by atoms with Crippen LogP contribution in [0.1, 0.15) is 0 Å². The molecule has 0 spiro atoms. The molecule has 28 heavy (non-hydrogen) atoms. The molecule has 0 fully saturated rings. The molecule has 4 rings (SSSR count). The van der Waals surface area contributed by atoms with Gasteiger partial charge in [-0.1, -0.05) is 107 Å². The highest BCUT2D eigenvalue weighted by Crippen LogP contribution is 2.32. The number of halogens is 2. The van der Waals surface area contributed by atoms with Crippen LogP contribution in [0.15, 0.2) is 119 Å². The van der Waals surface area contributed by atoms with Crippen LogP contribution in [-0.2, 0) is 0 Å². The van der Waals surface area contributed by atoms with Gasteiger partial charge in [-0.15, -0.1) is 12.6 Å². The topological polar surface area (TPSA) is 0 Å². The lowest BCUT2D eigenvalue weighted by Gasteiger charge is -2.18. The summed E-state index contributed by atoms with van der Waals surface area (Å²) in [4.78, 5) is 0.373. The number of thiol groups is 1. The predicted molar refractivity (Wildman–Crippen MR) is 126 cm³/mol. The van der Waals surface area contributed by atoms with Crippen molar-refractivity contribution in [3.8, 4) is 0 Å². The maximum Gasteiger partial charge on any atom is 0.137 e. The Bertz CT molecular complexity index is 901. The summed E-state index contributed by atoms with van der Waals surface area (Å²) >= 11 is 6.97. The van der Waals surface area contributed by atoms with E-state index in [1.54, 1.807) is 12.1 Å². The molecule has 0 aliphatic rings. The van der Waals surface area contributed by atoms with Crippen LogP contribution < -0.4 is 15.9 Å². The van der Waals surface area contributed by atoms with Gasteiger partial charge in [-0.3, -0.25) is 0 Å². The molecule has 0 nitrogen and oxygen atoms in total. The molecule has 4 aromatic carbocycles. The minimum Gasteiger partial charge on any atom is -0.206 e. The summed E-state index contributed by atoms with van der Waals surface area (Å²) in [6, 6.07) is 37.0. The molecule has 140 valence electrons. The lowest BCUT2D eigenvalue weighted by Crippen LogP contribution is -2.20. The van der Waals surface area contributed by atoms with Crippen LogP contribution in [0, 0.1) is 5.82 Å². The van der Waals surface area contributed by atoms with Crippen molar-refractivity contribution >= 4 is 52.4 Å². The van der Waals surface area contributed by atoms with Crippen molar-refractivity contribution in [2.75, 3.05) is 0 Å². The first-order chi connectivity index (χ1) is 13.6. The Balaban J connectivity index is 0.000000211. The Morgan fingerprint density at radius 1 is 0.607 bits per heavy atom. The Morgan fingerprint density at radius 3 is 1.32 bits per heavy atom. The van der Waals surface area contributed by atoms with Crippen molar-refractivity contribution in [3.05, 3.63) is 119 Å². The van der Waals surface area contributed by atoms with Gasteiger partial charge in [0.1, 0.15) is 5.82 Å². The highest BCUT2D eigenvalue weighted by molar-refractivity contribution is 9.10. The van der Waals surface area contributed by atoms with Gasteiger partial charge in [0.25, 0.3) is 0 Å². The molecule has 0 aromatic heterocycles. The van der Waals surface area contributed by atoms with Crippen molar-refractivity contribution in [1.29, 1.82) is 0 Å². The Morgan fingerprint density at radius 2 is 1.00 bits per heavy atom. The summed E-state index contributed by atoms with van der Waals surface area (Å²) in [6.45, 7) is 0. The zero-order chi connectivity index (χ0) is 19.8. The molecule has 0 unspecified atom stereocenters. The summed E-state index contributed by atoms with van der Waals surface area (Å²) in [6.07, 6.45) is 0. The lowest BCUT2D eigenvalue weighted by molar-refractivity contribution is 0.601. The molecule has 0 N–H and O–H groups in total. The minimum absolute atomic E-state index is 0.298. The first kappa shape index (κ1) is 20.8. The van der Waals surface area contributed by atoms with E-state index in [0.29, 0.717) is 4.90 Å². The van der Waals surface area contributed by atoms with Crippen molar-refractivity contribution in [2.24, 2.45) is 0 Å². The third-order valence-electron chi connectivity index (χ3n) is 3.95. The third-order valence-corrected chi connectivity index (χ3v) is 7.25. The Labute approximate surface area is 180 Å². The summed E-state index contributed by atoms with van der Waals surface area (Å²) in [5.41, 5.74) is 0. The molecule has 0 heterocycles. The van der Waals surface area contributed by atoms with Gasteiger partial charge < -0.3 is 0 Å². The predicted octanol–water partition coefficient (Wildman–Crippen LogP) is 6.32. The summed E-state index contributed by atoms with van der Waals surface area (Å²) in [7, 11) is -0.446. The van der Waals surface area contributed by atoms with E-state index in [1.807, 2.05) is 0 Å². The summed E-state index contributed by atoms with van der Waals surface area (Å²) < 4.78 is 13.2. The number of hydrogen-bond acceptors (Lipinski definition) is 1. The zero-order valence-electron chi connectivity index (χ0n) is 15.0. The number of hydrogen-bond donors (Lipinski definition) is 1. The SMILES string of the molecule is Fc1cc(Br)ccc1S.c1ccc(P(c2ccccc2)c2ccccc2)cc1. The second kappa shape index (κ2) is 10.6. The van der Waals surface area contributed by atoms with Crippen LogP contribution in [0.2, 0.25) is 0 Å². The molecule has 0 aliphatic carbocycles. The van der Waals surface area contributed by atoms with Gasteiger partial charge in [0, 0.05) is 9.37 Å². The van der Waals surface area contributed by atoms with Gasteiger partial charge in [0.05, 0.1) is 0 Å². The van der Waals surface area contributed by atoms with Crippen molar-refractivity contribution in [1.82, 2.24) is 0 Å². The monoisotopic (exact) mass is 468 g/mol. The molecule has 0 radical (unpaired) electrons. The fraction of sp³-hybridized carbons (Fsp3) is 0. The smallest absolute Gasteiger partial charge is 0.137 e. The van der Waals surface area contributed by atoms with Crippen LogP contribution >= 0.6 is 36.5 Å². The molecule has 0 saturated heterocycles. The first-order valence-electron chi connectivity index (χ1n) is 8.74. The van der Waals surface area contributed by atoms with Crippen molar-refractivity contribution in [2.45, 2.75) is 4.90 Å². The molecule has 0 atom stereocenters. The second-order valence-electron chi connectivity index (χ2n) is 5.94. The van der Waals surface area contributed by atoms with Crippen LogP contribution in [0.25, 0.3) is 0 Å². The normalized spacial score (nSPS) is 10.3. The third kappa shape index (κ3) is 5.78. The largest absolute Gasteiger partial charge is 0.206 e. The molecule has 4 heteroatoms. The van der Waals surface area contributed by atoms with E-state index in [-0.39, 0.29) is 5.82 Å². The van der Waals surface area contributed by atoms with Gasteiger partial charge >= 0.3 is 0 Å². The van der Waals surface area contributed by atoms with E-state index in [0.717, 1.165) is 4.47 Å². The summed E-state index contributed by atoms with van der Waals surface area (Å²) in [5.74, 6) is -0.298. The van der Waals surface area contributed by atoms with E-state index >= 15 is 0 Å². The van der Waals surface area contributed by atoms with E-state index in [2.05, 4.69) is 120 Å². The minimum atomic E-state index is -0.446. The average molecular weight is 469 g/mol. The highest BCUT2D eigenvalue weighted by atomic mass is 79.9. The maximum absolute atomic E-state index is 12.5. The molecule has 4 aromatic rings. The standard InChI is InChI=1S/C18H15P.C6H4BrFS/c1-4-10-16(11-5-1)19(17-12-6-2-7-13-17)18-14-8-3-9-15-18;7-4-1-2-6(9)5(8)3-4/h1-15H;1-3,9H. The van der Waals surface area contributed by atoms with Gasteiger partial charge in [0.2, 0.25) is 0 Å². The molecule has 0 saturated carbocycles. The average Bonchev–Trinajstić information content (AvgIpc) is 2.74. The van der Waals surface area contributed by atoms with Crippen LogP contribution in [-0.4, -0.2) is 0 Å². The summed E-state index contributed by atoms with van der Waals surface area (Å²) in [5, 5.41) is 4.19. The van der Waals surface area contributed by atoms with Crippen LogP contribution in [0.3, 0.4) is 0 Å². The maximum atomic E-state index is 12.5. The van der Waals surface area contributed by atoms with E-state index in [1.165, 1.54) is 22.0 Å². The fourth-order valence-electron chi connectivity index (χ4n) is 2.66. The fourth-order valence-corrected chi connectivity index (χ4v) is 5.44. The number of benzene rings is 4. The molecular formula is C24H19BrFPS. The Kier molecular flexibility index (Phi) is 7.85. The van der Waals surface area contributed by atoms with Gasteiger partial charge in [-0.2, -0.15) is 0 Å². The zero-order valence-corrected chi connectivity index (χ0v) is 18.4. The van der Waals surface area contributed by atoms with Crippen molar-refractivity contribution in [3.63, 3.8) is 0 Å². The van der Waals surface area contributed by atoms with Crippen LogP contribution in [0.4, 0.5) is 4.39 Å². The van der Waals surface area contributed by atoms with E-state index in [9.17, 15) is 4.39 Å². The molecule has 0 aliphatic heterocycles. The second-order valence-corrected chi connectivity index (χ2v) is 9.56. The van der Waals surface area contributed by atoms with E-state index in [4.69, 9.17) is 0 Å². The Hall–Kier alpha value is -1.93. The van der Waals surface area contributed by atoms with Crippen molar-refractivity contribution < 1.29 is 4.39 Å². The highest BCUT2D eigenvalue weighted by Gasteiger charge is 2.14. The van der Waals surface area contributed by atoms with Gasteiger partial charge in [0.15, 0.2) is 0 Å². The number of rotatable bonds is 3. The molecular weight excluding hydrogens is 450 g/mol. The van der Waals surface area contributed by atoms with Gasteiger partial charge in [-0.05, 0) is 42.0 Å². The molecule has 0 bridgehead atoms. The molecule has 0 amide bonds.